The van der Waals surface area contributed by atoms with Gasteiger partial charge < -0.3 is 5.21 Å². The van der Waals surface area contributed by atoms with Crippen molar-refractivity contribution in [3.63, 3.8) is 0 Å². The van der Waals surface area contributed by atoms with Crippen molar-refractivity contribution >= 4 is 12.0 Å². The van der Waals surface area contributed by atoms with E-state index in [1.807, 2.05) is 6.92 Å². The summed E-state index contributed by atoms with van der Waals surface area (Å²) in [6.45, 7) is 2.01. The zero-order chi connectivity index (χ0) is 7.11. The molecule has 52 valence electrons. The second-order valence-corrected chi connectivity index (χ2v) is 1.81. The first-order chi connectivity index (χ1) is 4.35. The summed E-state index contributed by atoms with van der Waals surface area (Å²) in [7, 11) is 0. The van der Waals surface area contributed by atoms with Gasteiger partial charge in [-0.05, 0) is 12.8 Å². The average molecular weight is 129 g/mol. The Labute approximate surface area is 54.4 Å². The molecule has 0 aromatic rings. The SMILES string of the molecule is CCCC/C(C=O)=N/O. The smallest absolute Gasteiger partial charge is 0.167 e. The fourth-order valence-electron chi connectivity index (χ4n) is 0.490. The number of carbonyl (C=O) groups is 1. The monoisotopic (exact) mass is 129 g/mol. The van der Waals surface area contributed by atoms with Gasteiger partial charge in [-0.2, -0.15) is 0 Å². The van der Waals surface area contributed by atoms with Gasteiger partial charge in [0.05, 0.1) is 0 Å². The third kappa shape index (κ3) is 3.70. The molecule has 0 rings (SSSR count). The number of hydrogen-bond donors (Lipinski definition) is 1. The first-order valence-electron chi connectivity index (χ1n) is 3.01. The first kappa shape index (κ1) is 8.14. The second kappa shape index (κ2) is 5.28. The van der Waals surface area contributed by atoms with Crippen molar-refractivity contribution < 1.29 is 10.0 Å². The zero-order valence-electron chi connectivity index (χ0n) is 5.50. The maximum atomic E-state index is 9.95. The van der Waals surface area contributed by atoms with Gasteiger partial charge in [0.1, 0.15) is 5.71 Å². The van der Waals surface area contributed by atoms with Crippen molar-refractivity contribution in [2.75, 3.05) is 0 Å². The topological polar surface area (TPSA) is 49.7 Å². The molecule has 0 aromatic carbocycles. The number of unbranched alkanes of at least 4 members (excludes halogenated alkanes) is 1. The van der Waals surface area contributed by atoms with E-state index in [0.29, 0.717) is 12.7 Å². The molecule has 0 heterocycles. The molecule has 0 aliphatic carbocycles. The summed E-state index contributed by atoms with van der Waals surface area (Å²) in [6, 6.07) is 0. The van der Waals surface area contributed by atoms with E-state index in [-0.39, 0.29) is 5.71 Å². The molecule has 0 radical (unpaired) electrons. The molecule has 0 saturated heterocycles. The molecule has 9 heavy (non-hydrogen) atoms. The Morgan fingerprint density at radius 3 is 2.78 bits per heavy atom. The first-order valence-corrected chi connectivity index (χ1v) is 3.01. The summed E-state index contributed by atoms with van der Waals surface area (Å²) >= 11 is 0. The number of hydrogen-bond acceptors (Lipinski definition) is 3. The lowest BCUT2D eigenvalue weighted by molar-refractivity contribution is -0.102. The van der Waals surface area contributed by atoms with E-state index in [9.17, 15) is 4.79 Å². The van der Waals surface area contributed by atoms with Crippen molar-refractivity contribution in [2.45, 2.75) is 26.2 Å². The number of carbonyl (C=O) groups excluding carboxylic acids is 1. The molecule has 3 nitrogen and oxygen atoms in total. The summed E-state index contributed by atoms with van der Waals surface area (Å²) in [6.07, 6.45) is 3.07. The second-order valence-electron chi connectivity index (χ2n) is 1.81. The van der Waals surface area contributed by atoms with Gasteiger partial charge in [-0.25, -0.2) is 0 Å². The normalized spacial score (nSPS) is 11.4. The molecule has 0 aromatic heterocycles. The maximum absolute atomic E-state index is 9.95. The van der Waals surface area contributed by atoms with Gasteiger partial charge in [-0.3, -0.25) is 4.79 Å². The van der Waals surface area contributed by atoms with Crippen molar-refractivity contribution in [1.82, 2.24) is 0 Å². The van der Waals surface area contributed by atoms with Crippen LogP contribution in [-0.4, -0.2) is 17.2 Å². The summed E-state index contributed by atoms with van der Waals surface area (Å²) in [5, 5.41) is 10.9. The summed E-state index contributed by atoms with van der Waals surface area (Å²) in [5.74, 6) is 0. The molecule has 1 N–H and O–H groups in total. The molecule has 0 aliphatic rings. The molecule has 0 fully saturated rings. The summed E-state index contributed by atoms with van der Waals surface area (Å²) in [5.41, 5.74) is 0.233. The van der Waals surface area contributed by atoms with E-state index in [4.69, 9.17) is 5.21 Å². The molecule has 0 amide bonds. The number of aldehydes is 1. The molecule has 0 saturated carbocycles. The third-order valence-corrected chi connectivity index (χ3v) is 1.05. The van der Waals surface area contributed by atoms with Gasteiger partial charge in [0.15, 0.2) is 6.29 Å². The Bertz CT molecular complexity index is 110. The fraction of sp³-hybridized carbons (Fsp3) is 0.667. The van der Waals surface area contributed by atoms with Gasteiger partial charge in [0, 0.05) is 0 Å². The minimum Gasteiger partial charge on any atom is -0.411 e. The van der Waals surface area contributed by atoms with Gasteiger partial charge in [-0.1, -0.05) is 18.5 Å². The molecule has 0 bridgehead atoms. The number of nitrogens with zero attached hydrogens (tertiary/aromatic N) is 1. The van der Waals surface area contributed by atoms with Crippen LogP contribution in [0.15, 0.2) is 5.16 Å². The van der Waals surface area contributed by atoms with E-state index < -0.39 is 0 Å². The Morgan fingerprint density at radius 2 is 2.44 bits per heavy atom. The Hall–Kier alpha value is -0.860. The van der Waals surface area contributed by atoms with Gasteiger partial charge in [-0.15, -0.1) is 0 Å². The molecular weight excluding hydrogens is 118 g/mol. The van der Waals surface area contributed by atoms with E-state index >= 15 is 0 Å². The quantitative estimate of drug-likeness (QED) is 0.268. The maximum Gasteiger partial charge on any atom is 0.167 e. The van der Waals surface area contributed by atoms with Crippen LogP contribution < -0.4 is 0 Å². The van der Waals surface area contributed by atoms with Crippen LogP contribution in [0.2, 0.25) is 0 Å². The lowest BCUT2D eigenvalue weighted by Crippen LogP contribution is -1.98. The highest BCUT2D eigenvalue weighted by atomic mass is 16.4. The van der Waals surface area contributed by atoms with Crippen LogP contribution in [0.1, 0.15) is 26.2 Å². The summed E-state index contributed by atoms with van der Waals surface area (Å²) < 4.78 is 0. The van der Waals surface area contributed by atoms with Gasteiger partial charge in [0.2, 0.25) is 0 Å². The predicted octanol–water partition coefficient (Wildman–Crippen LogP) is 1.21. The van der Waals surface area contributed by atoms with Crippen LogP contribution in [-0.2, 0) is 4.79 Å². The highest BCUT2D eigenvalue weighted by molar-refractivity contribution is 6.27. The average Bonchev–Trinajstić information content (AvgIpc) is 1.91. The van der Waals surface area contributed by atoms with E-state index in [1.165, 1.54) is 0 Å². The minimum absolute atomic E-state index is 0.233. The third-order valence-electron chi connectivity index (χ3n) is 1.05. The van der Waals surface area contributed by atoms with Crippen molar-refractivity contribution in [1.29, 1.82) is 0 Å². The van der Waals surface area contributed by atoms with Crippen molar-refractivity contribution in [3.8, 4) is 0 Å². The van der Waals surface area contributed by atoms with Crippen molar-refractivity contribution in [2.24, 2.45) is 5.16 Å². The number of oxime groups is 1. The fourth-order valence-corrected chi connectivity index (χ4v) is 0.490. The van der Waals surface area contributed by atoms with Crippen LogP contribution >= 0.6 is 0 Å². The van der Waals surface area contributed by atoms with E-state index in [2.05, 4.69) is 5.16 Å². The molecule has 0 atom stereocenters. The minimum atomic E-state index is 0.233. The van der Waals surface area contributed by atoms with Crippen LogP contribution in [0, 0.1) is 0 Å². The molecule has 0 spiro atoms. The van der Waals surface area contributed by atoms with Gasteiger partial charge in [0.25, 0.3) is 0 Å². The zero-order valence-corrected chi connectivity index (χ0v) is 5.50. The highest BCUT2D eigenvalue weighted by Gasteiger charge is 1.94. The number of rotatable bonds is 4. The van der Waals surface area contributed by atoms with Crippen LogP contribution in [0.4, 0.5) is 0 Å². The highest BCUT2D eigenvalue weighted by Crippen LogP contribution is 1.94. The lowest BCUT2D eigenvalue weighted by atomic mass is 10.2. The molecule has 0 unspecified atom stereocenters. The standard InChI is InChI=1S/C6H11NO2/c1-2-3-4-6(5-8)7-9/h5,9H,2-4H2,1H3/b7-6-. The Kier molecular flexibility index (Phi) is 4.78. The molecule has 0 aliphatic heterocycles. The van der Waals surface area contributed by atoms with Crippen LogP contribution in [0.5, 0.6) is 0 Å². The lowest BCUT2D eigenvalue weighted by Gasteiger charge is -1.90. The van der Waals surface area contributed by atoms with Gasteiger partial charge >= 0.3 is 0 Å². The van der Waals surface area contributed by atoms with Crippen LogP contribution in [0.25, 0.3) is 0 Å². The van der Waals surface area contributed by atoms with Crippen molar-refractivity contribution in [3.05, 3.63) is 0 Å². The Balaban J connectivity index is 3.45. The van der Waals surface area contributed by atoms with Crippen LogP contribution in [0.3, 0.4) is 0 Å². The van der Waals surface area contributed by atoms with E-state index in [1.54, 1.807) is 0 Å². The molecule has 3 heteroatoms. The largest absolute Gasteiger partial charge is 0.411 e. The Morgan fingerprint density at radius 1 is 1.78 bits per heavy atom. The predicted molar refractivity (Wildman–Crippen MR) is 34.8 cm³/mol. The summed E-state index contributed by atoms with van der Waals surface area (Å²) in [4.78, 5) is 9.95. The van der Waals surface area contributed by atoms with E-state index in [0.717, 1.165) is 12.8 Å². The molecular formula is C6H11NO2.